The maximum Gasteiger partial charge on any atom is 0.0614 e. The molecule has 0 amide bonds. The molecule has 0 saturated heterocycles. The minimum absolute atomic E-state index is 0.188. The van der Waals surface area contributed by atoms with Crippen LogP contribution < -0.4 is 0 Å². The van der Waals surface area contributed by atoms with Gasteiger partial charge in [-0.2, -0.15) is 0 Å². The average molecular weight is 240 g/mol. The third-order valence-electron chi connectivity index (χ3n) is 1.14. The molecule has 0 saturated carbocycles. The summed E-state index contributed by atoms with van der Waals surface area (Å²) in [5.74, 6) is 0. The molecule has 0 atom stereocenters. The van der Waals surface area contributed by atoms with Crippen LogP contribution in [-0.4, -0.2) is 16.1 Å². The average Bonchev–Trinajstić information content (AvgIpc) is 1.85. The lowest BCUT2D eigenvalue weighted by molar-refractivity contribution is 0.341. The van der Waals surface area contributed by atoms with Gasteiger partial charge < -0.3 is 5.11 Å². The van der Waals surface area contributed by atoms with Crippen LogP contribution in [0.2, 0.25) is 0 Å². The molecule has 54 valence electrons. The second kappa shape index (κ2) is 6.55. The molecule has 1 nitrogen and oxygen atoms in total. The van der Waals surface area contributed by atoms with Crippen molar-refractivity contribution in [2.24, 2.45) is 0 Å². The lowest BCUT2D eigenvalue weighted by Gasteiger charge is -1.95. The summed E-state index contributed by atoms with van der Waals surface area (Å²) in [6, 6.07) is 0. The van der Waals surface area contributed by atoms with E-state index in [1.165, 1.54) is 16.4 Å². The summed E-state index contributed by atoms with van der Waals surface area (Å²) < 4.78 is 1.20. The van der Waals surface area contributed by atoms with Gasteiger partial charge in [0, 0.05) is 0 Å². The van der Waals surface area contributed by atoms with Crippen molar-refractivity contribution in [1.82, 2.24) is 0 Å². The van der Waals surface area contributed by atoms with Crippen LogP contribution in [0.1, 0.15) is 19.8 Å². The van der Waals surface area contributed by atoms with Gasteiger partial charge in [-0.1, -0.05) is 34.2 Å². The van der Waals surface area contributed by atoms with E-state index in [9.17, 15) is 0 Å². The standard InChI is InChI=1S/C7H13IO/c1-7(4-6-9)3-2-5-8/h4,9H,2-3,5-6H2,1H3/b7-4+. The normalized spacial score (nSPS) is 12.1. The van der Waals surface area contributed by atoms with Crippen molar-refractivity contribution in [1.29, 1.82) is 0 Å². The second-order valence-electron chi connectivity index (χ2n) is 2.03. The molecule has 0 aliphatic heterocycles. The molecule has 9 heavy (non-hydrogen) atoms. The molecule has 0 unspecified atom stereocenters. The van der Waals surface area contributed by atoms with Crippen LogP contribution in [0.5, 0.6) is 0 Å². The first kappa shape index (κ1) is 9.43. The molecule has 0 heterocycles. The lowest BCUT2D eigenvalue weighted by atomic mass is 10.2. The van der Waals surface area contributed by atoms with E-state index < -0.39 is 0 Å². The summed E-state index contributed by atoms with van der Waals surface area (Å²) >= 11 is 2.36. The van der Waals surface area contributed by atoms with E-state index >= 15 is 0 Å². The number of alkyl halides is 1. The summed E-state index contributed by atoms with van der Waals surface area (Å²) in [6.07, 6.45) is 4.22. The molecule has 0 bridgehead atoms. The first-order valence-corrected chi connectivity index (χ1v) is 4.66. The largest absolute Gasteiger partial charge is 0.392 e. The van der Waals surface area contributed by atoms with Gasteiger partial charge in [0.2, 0.25) is 0 Å². The Kier molecular flexibility index (Phi) is 6.86. The first-order chi connectivity index (χ1) is 4.31. The van der Waals surface area contributed by atoms with E-state index in [2.05, 4.69) is 29.5 Å². The van der Waals surface area contributed by atoms with E-state index in [0.717, 1.165) is 6.42 Å². The quantitative estimate of drug-likeness (QED) is 0.453. The van der Waals surface area contributed by atoms with Gasteiger partial charge in [-0.25, -0.2) is 0 Å². The molecule has 2 heteroatoms. The monoisotopic (exact) mass is 240 g/mol. The van der Waals surface area contributed by atoms with Crippen LogP contribution in [0.25, 0.3) is 0 Å². The van der Waals surface area contributed by atoms with Gasteiger partial charge in [-0.05, 0) is 24.2 Å². The van der Waals surface area contributed by atoms with Gasteiger partial charge >= 0.3 is 0 Å². The van der Waals surface area contributed by atoms with Crippen LogP contribution in [-0.2, 0) is 0 Å². The second-order valence-corrected chi connectivity index (χ2v) is 3.10. The Hall–Kier alpha value is 0.430. The maximum absolute atomic E-state index is 8.46. The molecule has 0 spiro atoms. The molecule has 0 rings (SSSR count). The van der Waals surface area contributed by atoms with Gasteiger partial charge in [0.25, 0.3) is 0 Å². The third-order valence-corrected chi connectivity index (χ3v) is 1.91. The predicted molar refractivity (Wildman–Crippen MR) is 49.0 cm³/mol. The van der Waals surface area contributed by atoms with Crippen molar-refractivity contribution < 1.29 is 5.11 Å². The summed E-state index contributed by atoms with van der Waals surface area (Å²) in [7, 11) is 0. The van der Waals surface area contributed by atoms with Crippen LogP contribution in [0.3, 0.4) is 0 Å². The summed E-state index contributed by atoms with van der Waals surface area (Å²) in [5, 5.41) is 8.46. The number of aliphatic hydroxyl groups is 1. The van der Waals surface area contributed by atoms with Gasteiger partial charge in [0.15, 0.2) is 0 Å². The molecule has 0 radical (unpaired) electrons. The van der Waals surface area contributed by atoms with Crippen molar-refractivity contribution >= 4 is 22.6 Å². The summed E-state index contributed by atoms with van der Waals surface area (Å²) in [5.41, 5.74) is 1.30. The Morgan fingerprint density at radius 2 is 2.33 bits per heavy atom. The predicted octanol–water partition coefficient (Wildman–Crippen LogP) is 2.14. The third kappa shape index (κ3) is 6.31. The topological polar surface area (TPSA) is 20.2 Å². The highest BCUT2D eigenvalue weighted by molar-refractivity contribution is 14.1. The Morgan fingerprint density at radius 3 is 2.78 bits per heavy atom. The minimum Gasteiger partial charge on any atom is -0.392 e. The molecular weight excluding hydrogens is 227 g/mol. The van der Waals surface area contributed by atoms with Crippen LogP contribution in [0.15, 0.2) is 11.6 Å². The molecule has 0 aromatic carbocycles. The van der Waals surface area contributed by atoms with Crippen LogP contribution >= 0.6 is 22.6 Å². The summed E-state index contributed by atoms with van der Waals surface area (Å²) in [4.78, 5) is 0. The fourth-order valence-electron chi connectivity index (χ4n) is 0.604. The Labute approximate surface area is 70.3 Å². The molecule has 0 aliphatic carbocycles. The minimum atomic E-state index is 0.188. The molecule has 0 aliphatic rings. The fraction of sp³-hybridized carbons (Fsp3) is 0.714. The molecular formula is C7H13IO. The Balaban J connectivity index is 3.25. The van der Waals surface area contributed by atoms with Gasteiger partial charge in [0.05, 0.1) is 6.61 Å². The van der Waals surface area contributed by atoms with Crippen molar-refractivity contribution in [3.05, 3.63) is 11.6 Å². The smallest absolute Gasteiger partial charge is 0.0614 e. The molecule has 1 N–H and O–H groups in total. The zero-order valence-corrected chi connectivity index (χ0v) is 7.89. The summed E-state index contributed by atoms with van der Waals surface area (Å²) in [6.45, 7) is 2.25. The highest BCUT2D eigenvalue weighted by Crippen LogP contribution is 2.04. The van der Waals surface area contributed by atoms with E-state index in [-0.39, 0.29) is 6.61 Å². The number of aliphatic hydroxyl groups excluding tert-OH is 1. The molecule has 0 aromatic heterocycles. The molecule has 0 fully saturated rings. The van der Waals surface area contributed by atoms with Crippen molar-refractivity contribution in [2.75, 3.05) is 11.0 Å². The van der Waals surface area contributed by atoms with E-state index in [1.807, 2.05) is 6.08 Å². The van der Waals surface area contributed by atoms with Crippen molar-refractivity contribution in [2.45, 2.75) is 19.8 Å². The van der Waals surface area contributed by atoms with E-state index in [4.69, 9.17) is 5.11 Å². The Bertz CT molecular complexity index is 88.9. The highest BCUT2D eigenvalue weighted by atomic mass is 127. The van der Waals surface area contributed by atoms with Crippen molar-refractivity contribution in [3.8, 4) is 0 Å². The Morgan fingerprint density at radius 1 is 1.67 bits per heavy atom. The van der Waals surface area contributed by atoms with E-state index in [0.29, 0.717) is 0 Å². The zero-order valence-electron chi connectivity index (χ0n) is 5.73. The van der Waals surface area contributed by atoms with Crippen LogP contribution in [0, 0.1) is 0 Å². The number of halogens is 1. The zero-order chi connectivity index (χ0) is 7.11. The SMILES string of the molecule is C/C(=C\CO)CCCI. The van der Waals surface area contributed by atoms with Gasteiger partial charge in [-0.3, -0.25) is 0 Å². The van der Waals surface area contributed by atoms with Gasteiger partial charge in [0.1, 0.15) is 0 Å². The van der Waals surface area contributed by atoms with Crippen molar-refractivity contribution in [3.63, 3.8) is 0 Å². The number of allylic oxidation sites excluding steroid dienone is 1. The number of hydrogen-bond acceptors (Lipinski definition) is 1. The van der Waals surface area contributed by atoms with Gasteiger partial charge in [-0.15, -0.1) is 0 Å². The molecule has 0 aromatic rings. The number of hydrogen-bond donors (Lipinski definition) is 1. The first-order valence-electron chi connectivity index (χ1n) is 3.13. The maximum atomic E-state index is 8.46. The van der Waals surface area contributed by atoms with Crippen LogP contribution in [0.4, 0.5) is 0 Å². The fourth-order valence-corrected chi connectivity index (χ4v) is 0.985. The lowest BCUT2D eigenvalue weighted by Crippen LogP contribution is -1.81. The highest BCUT2D eigenvalue weighted by Gasteiger charge is 1.86. The number of rotatable bonds is 4. The van der Waals surface area contributed by atoms with E-state index in [1.54, 1.807) is 0 Å².